The van der Waals surface area contributed by atoms with E-state index in [9.17, 15) is 0 Å². The van der Waals surface area contributed by atoms with Crippen molar-refractivity contribution in [2.75, 3.05) is 20.2 Å². The van der Waals surface area contributed by atoms with Crippen molar-refractivity contribution in [2.24, 2.45) is 28.1 Å². The highest BCUT2D eigenvalue weighted by molar-refractivity contribution is 5.77. The van der Waals surface area contributed by atoms with E-state index in [0.717, 1.165) is 37.3 Å². The SMILES string of the molecule is C=C(/C(OC)=C(\N=C(N)N)C1CCCC1)N1CC(N)C1. The third-order valence-corrected chi connectivity index (χ3v) is 3.98. The van der Waals surface area contributed by atoms with E-state index in [1.54, 1.807) is 7.11 Å². The first-order valence-electron chi connectivity index (χ1n) is 7.10. The van der Waals surface area contributed by atoms with Gasteiger partial charge in [-0.05, 0) is 12.8 Å². The van der Waals surface area contributed by atoms with Crippen LogP contribution in [-0.2, 0) is 4.74 Å². The van der Waals surface area contributed by atoms with Gasteiger partial charge in [-0.1, -0.05) is 19.4 Å². The Balaban J connectivity index is 2.28. The molecule has 1 saturated heterocycles. The first-order valence-corrected chi connectivity index (χ1v) is 7.10. The lowest BCUT2D eigenvalue weighted by atomic mass is 10.0. The van der Waals surface area contributed by atoms with Crippen molar-refractivity contribution < 1.29 is 4.74 Å². The summed E-state index contributed by atoms with van der Waals surface area (Å²) in [6.07, 6.45) is 4.58. The number of hydrogen-bond donors (Lipinski definition) is 3. The summed E-state index contributed by atoms with van der Waals surface area (Å²) in [5.74, 6) is 1.10. The maximum atomic E-state index is 5.82. The average Bonchev–Trinajstić information content (AvgIpc) is 2.87. The molecule has 0 unspecified atom stereocenters. The Labute approximate surface area is 120 Å². The van der Waals surface area contributed by atoms with Crippen LogP contribution >= 0.6 is 0 Å². The molecule has 2 rings (SSSR count). The highest BCUT2D eigenvalue weighted by Gasteiger charge is 2.30. The predicted molar refractivity (Wildman–Crippen MR) is 80.5 cm³/mol. The van der Waals surface area contributed by atoms with E-state index >= 15 is 0 Å². The molecule has 0 spiro atoms. The fourth-order valence-electron chi connectivity index (χ4n) is 2.91. The summed E-state index contributed by atoms with van der Waals surface area (Å²) >= 11 is 0. The van der Waals surface area contributed by atoms with Crippen LogP contribution < -0.4 is 17.2 Å². The van der Waals surface area contributed by atoms with E-state index in [1.807, 2.05) is 0 Å². The van der Waals surface area contributed by atoms with Gasteiger partial charge in [0.15, 0.2) is 11.7 Å². The van der Waals surface area contributed by atoms with Crippen LogP contribution in [0.4, 0.5) is 0 Å². The zero-order chi connectivity index (χ0) is 14.7. The summed E-state index contributed by atoms with van der Waals surface area (Å²) in [5, 5.41) is 0. The van der Waals surface area contributed by atoms with E-state index in [0.29, 0.717) is 11.7 Å². The summed E-state index contributed by atoms with van der Waals surface area (Å²) in [4.78, 5) is 6.42. The van der Waals surface area contributed by atoms with Crippen molar-refractivity contribution >= 4 is 5.96 Å². The normalized spacial score (nSPS) is 21.2. The number of nitrogens with two attached hydrogens (primary N) is 3. The number of nitrogens with zero attached hydrogens (tertiary/aromatic N) is 2. The van der Waals surface area contributed by atoms with Crippen molar-refractivity contribution in [3.63, 3.8) is 0 Å². The Morgan fingerprint density at radius 1 is 1.25 bits per heavy atom. The summed E-state index contributed by atoms with van der Waals surface area (Å²) in [6.45, 7) is 5.71. The van der Waals surface area contributed by atoms with E-state index in [2.05, 4.69) is 16.5 Å². The molecule has 0 bridgehead atoms. The number of ether oxygens (including phenoxy) is 1. The smallest absolute Gasteiger partial charge is 0.190 e. The van der Waals surface area contributed by atoms with E-state index in [1.165, 1.54) is 12.8 Å². The molecular formula is C14H25N5O. The summed E-state index contributed by atoms with van der Waals surface area (Å²) in [6, 6.07) is 0.211. The van der Waals surface area contributed by atoms with Crippen molar-refractivity contribution in [1.29, 1.82) is 0 Å². The standard InChI is InChI=1S/C14H25N5O/c1-9(19-7-11(15)8-19)13(20-2)12(18-14(16)17)10-5-3-4-6-10/h10-11H,1,3-8,15H2,2H3,(H4,16,17,18)/b13-12+. The fraction of sp³-hybridized carbons (Fsp3) is 0.643. The molecule has 2 fully saturated rings. The molecule has 0 amide bonds. The lowest BCUT2D eigenvalue weighted by Gasteiger charge is -2.40. The molecule has 1 aliphatic carbocycles. The second-order valence-corrected chi connectivity index (χ2v) is 5.55. The molecule has 112 valence electrons. The fourth-order valence-corrected chi connectivity index (χ4v) is 2.91. The molecule has 0 radical (unpaired) electrons. The number of rotatable bonds is 5. The van der Waals surface area contributed by atoms with Gasteiger partial charge in [0.25, 0.3) is 0 Å². The molecule has 0 aromatic heterocycles. The topological polar surface area (TPSA) is 103 Å². The van der Waals surface area contributed by atoms with Crippen LogP contribution in [0.3, 0.4) is 0 Å². The van der Waals surface area contributed by atoms with Crippen LogP contribution in [0, 0.1) is 5.92 Å². The van der Waals surface area contributed by atoms with Gasteiger partial charge in [-0.3, -0.25) is 0 Å². The van der Waals surface area contributed by atoms with Gasteiger partial charge < -0.3 is 26.8 Å². The van der Waals surface area contributed by atoms with Gasteiger partial charge in [0.05, 0.1) is 18.5 Å². The van der Waals surface area contributed by atoms with Gasteiger partial charge in [0.1, 0.15) is 0 Å². The molecule has 0 aromatic carbocycles. The molecule has 6 nitrogen and oxygen atoms in total. The van der Waals surface area contributed by atoms with Crippen LogP contribution in [-0.4, -0.2) is 37.1 Å². The minimum Gasteiger partial charge on any atom is -0.493 e. The van der Waals surface area contributed by atoms with Gasteiger partial charge in [-0.15, -0.1) is 0 Å². The second kappa shape index (κ2) is 6.17. The highest BCUT2D eigenvalue weighted by Crippen LogP contribution is 2.36. The number of guanidine groups is 1. The zero-order valence-electron chi connectivity index (χ0n) is 12.1. The lowest BCUT2D eigenvalue weighted by molar-refractivity contribution is 0.176. The Bertz CT molecular complexity index is 427. The van der Waals surface area contributed by atoms with Gasteiger partial charge in [0, 0.05) is 25.0 Å². The lowest BCUT2D eigenvalue weighted by Crippen LogP contribution is -2.55. The number of methoxy groups -OCH3 is 1. The van der Waals surface area contributed by atoms with Crippen molar-refractivity contribution in [2.45, 2.75) is 31.7 Å². The largest absolute Gasteiger partial charge is 0.493 e. The van der Waals surface area contributed by atoms with Crippen molar-refractivity contribution in [3.8, 4) is 0 Å². The summed E-state index contributed by atoms with van der Waals surface area (Å²) in [7, 11) is 1.64. The molecule has 0 aromatic rings. The first kappa shape index (κ1) is 14.7. The maximum Gasteiger partial charge on any atom is 0.190 e. The molecule has 1 saturated carbocycles. The van der Waals surface area contributed by atoms with Gasteiger partial charge in [-0.2, -0.15) is 0 Å². The molecule has 1 heterocycles. The van der Waals surface area contributed by atoms with E-state index in [-0.39, 0.29) is 12.0 Å². The van der Waals surface area contributed by atoms with Gasteiger partial charge >= 0.3 is 0 Å². The van der Waals surface area contributed by atoms with Crippen LogP contribution in [0.5, 0.6) is 0 Å². The Kier molecular flexibility index (Phi) is 4.54. The summed E-state index contributed by atoms with van der Waals surface area (Å²) < 4.78 is 5.56. The maximum absolute atomic E-state index is 5.82. The van der Waals surface area contributed by atoms with Crippen LogP contribution in [0.2, 0.25) is 0 Å². The average molecular weight is 279 g/mol. The Morgan fingerprint density at radius 3 is 2.30 bits per heavy atom. The number of likely N-dealkylation sites (tertiary alicyclic amines) is 1. The van der Waals surface area contributed by atoms with Crippen LogP contribution in [0.1, 0.15) is 25.7 Å². The number of aliphatic imine (C=N–C) groups is 1. The monoisotopic (exact) mass is 279 g/mol. The number of hydrogen-bond acceptors (Lipinski definition) is 4. The third-order valence-electron chi connectivity index (χ3n) is 3.98. The molecule has 0 atom stereocenters. The molecule has 20 heavy (non-hydrogen) atoms. The number of allylic oxidation sites excluding steroid dienone is 1. The second-order valence-electron chi connectivity index (χ2n) is 5.55. The minimum absolute atomic E-state index is 0.0644. The van der Waals surface area contributed by atoms with Gasteiger partial charge in [-0.25, -0.2) is 4.99 Å². The quantitative estimate of drug-likeness (QED) is 0.294. The Hall–Kier alpha value is -1.69. The van der Waals surface area contributed by atoms with Crippen LogP contribution in [0.15, 0.2) is 28.7 Å². The van der Waals surface area contributed by atoms with Gasteiger partial charge in [0.2, 0.25) is 0 Å². The first-order chi connectivity index (χ1) is 9.52. The highest BCUT2D eigenvalue weighted by atomic mass is 16.5. The molecular weight excluding hydrogens is 254 g/mol. The van der Waals surface area contributed by atoms with Crippen molar-refractivity contribution in [1.82, 2.24) is 4.90 Å². The molecule has 2 aliphatic rings. The molecule has 1 aliphatic heterocycles. The third kappa shape index (κ3) is 3.07. The Morgan fingerprint density at radius 2 is 1.85 bits per heavy atom. The van der Waals surface area contributed by atoms with E-state index < -0.39 is 0 Å². The minimum atomic E-state index is 0.0644. The predicted octanol–water partition coefficient (Wildman–Crippen LogP) is 0.465. The molecule has 6 heteroatoms. The summed E-state index contributed by atoms with van der Waals surface area (Å²) in [5.41, 5.74) is 18.6. The zero-order valence-corrected chi connectivity index (χ0v) is 12.1. The molecule has 6 N–H and O–H groups in total. The van der Waals surface area contributed by atoms with E-state index in [4.69, 9.17) is 21.9 Å². The van der Waals surface area contributed by atoms with Crippen molar-refractivity contribution in [3.05, 3.63) is 23.7 Å². The van der Waals surface area contributed by atoms with Crippen LogP contribution in [0.25, 0.3) is 0 Å².